The fraction of sp³-hybridized carbons (Fsp3) is 0.211. The van der Waals surface area contributed by atoms with Crippen LogP contribution in [0.5, 0.6) is 0 Å². The molecule has 0 radical (unpaired) electrons. The Kier molecular flexibility index (Phi) is 3.64. The number of rotatable bonds is 3. The average Bonchev–Trinajstić information content (AvgIpc) is 3.18. The Morgan fingerprint density at radius 3 is 2.69 bits per heavy atom. The van der Waals surface area contributed by atoms with Crippen LogP contribution in [0.15, 0.2) is 44.0 Å². The molecule has 0 spiro atoms. The van der Waals surface area contributed by atoms with Crippen LogP contribution < -0.4 is 10.7 Å². The molecule has 0 aliphatic rings. The molecule has 0 unspecified atom stereocenters. The molecule has 0 saturated carbocycles. The van der Waals surface area contributed by atoms with Gasteiger partial charge in [0.1, 0.15) is 11.0 Å². The van der Waals surface area contributed by atoms with Crippen molar-refractivity contribution in [3.63, 3.8) is 0 Å². The highest BCUT2D eigenvalue weighted by atomic mass is 16.5. The third kappa shape index (κ3) is 2.40. The van der Waals surface area contributed by atoms with Crippen molar-refractivity contribution in [1.82, 2.24) is 9.78 Å². The van der Waals surface area contributed by atoms with Gasteiger partial charge in [-0.3, -0.25) is 14.3 Å². The summed E-state index contributed by atoms with van der Waals surface area (Å²) in [6, 6.07) is 8.31. The lowest BCUT2D eigenvalue weighted by atomic mass is 10.2. The normalized spacial score (nSPS) is 11.3. The summed E-state index contributed by atoms with van der Waals surface area (Å²) in [4.78, 5) is 25.2. The monoisotopic (exact) mass is 351 g/mol. The van der Waals surface area contributed by atoms with Crippen LogP contribution >= 0.6 is 0 Å². The quantitative estimate of drug-likeness (QED) is 0.609. The second-order valence-electron chi connectivity index (χ2n) is 6.05. The molecule has 3 aromatic heterocycles. The second kappa shape index (κ2) is 5.87. The Morgan fingerprint density at radius 2 is 1.96 bits per heavy atom. The zero-order chi connectivity index (χ0) is 18.4. The number of carbonyl (C=O) groups is 1. The number of para-hydroxylation sites is 1. The lowest BCUT2D eigenvalue weighted by molar-refractivity contribution is 0.0997. The van der Waals surface area contributed by atoms with E-state index in [9.17, 15) is 9.59 Å². The smallest absolute Gasteiger partial charge is 0.302 e. The predicted octanol–water partition coefficient (Wildman–Crippen LogP) is 3.62. The minimum absolute atomic E-state index is 0.0132. The largest absolute Gasteiger partial charge is 0.425 e. The van der Waals surface area contributed by atoms with Crippen LogP contribution in [0.1, 0.15) is 28.9 Å². The molecule has 0 atom stereocenters. The molecular weight excluding hydrogens is 334 g/mol. The van der Waals surface area contributed by atoms with Crippen LogP contribution in [0, 0.1) is 13.8 Å². The fourth-order valence-electron chi connectivity index (χ4n) is 3.07. The van der Waals surface area contributed by atoms with E-state index in [0.29, 0.717) is 28.9 Å². The summed E-state index contributed by atoms with van der Waals surface area (Å²) in [7, 11) is 0. The van der Waals surface area contributed by atoms with Crippen molar-refractivity contribution >= 4 is 33.7 Å². The van der Waals surface area contributed by atoms with Crippen LogP contribution in [0.3, 0.4) is 0 Å². The Labute approximate surface area is 148 Å². The van der Waals surface area contributed by atoms with E-state index in [0.717, 1.165) is 5.69 Å². The Balaban J connectivity index is 1.76. The maximum absolute atomic E-state index is 12.6. The zero-order valence-electron chi connectivity index (χ0n) is 14.6. The third-order valence-corrected chi connectivity index (χ3v) is 4.42. The van der Waals surface area contributed by atoms with Gasteiger partial charge in [0.2, 0.25) is 5.43 Å². The van der Waals surface area contributed by atoms with Crippen molar-refractivity contribution in [3.05, 3.63) is 57.7 Å². The van der Waals surface area contributed by atoms with Gasteiger partial charge < -0.3 is 14.2 Å². The number of nitrogens with zero attached hydrogens (tertiary/aromatic N) is 2. The van der Waals surface area contributed by atoms with E-state index in [2.05, 4.69) is 10.4 Å². The number of nitrogens with one attached hydrogen (secondary N) is 1. The standard InChI is InChI=1S/C19H17N3O4/c1-4-22-11(3)16(10(2)21-22)20-18(24)15-9-13-17(23)12-7-5-6-8-14(12)25-19(13)26-15/h5-9H,4H2,1-3H3,(H,20,24). The summed E-state index contributed by atoms with van der Waals surface area (Å²) < 4.78 is 12.9. The maximum Gasteiger partial charge on any atom is 0.302 e. The number of hydrogen-bond acceptors (Lipinski definition) is 5. The molecule has 3 heterocycles. The highest BCUT2D eigenvalue weighted by Gasteiger charge is 2.20. The van der Waals surface area contributed by atoms with Gasteiger partial charge in [0, 0.05) is 12.6 Å². The first-order chi connectivity index (χ1) is 12.5. The molecule has 7 nitrogen and oxygen atoms in total. The van der Waals surface area contributed by atoms with Crippen LogP contribution in [0.4, 0.5) is 5.69 Å². The van der Waals surface area contributed by atoms with Crippen molar-refractivity contribution in [2.45, 2.75) is 27.3 Å². The van der Waals surface area contributed by atoms with Gasteiger partial charge in [-0.2, -0.15) is 5.10 Å². The summed E-state index contributed by atoms with van der Waals surface area (Å²) in [6.07, 6.45) is 0. The molecule has 7 heteroatoms. The molecule has 0 saturated heterocycles. The maximum atomic E-state index is 12.6. The van der Waals surface area contributed by atoms with Crippen LogP contribution in [-0.2, 0) is 6.54 Å². The summed E-state index contributed by atoms with van der Waals surface area (Å²) in [5, 5.41) is 7.87. The number of anilines is 1. The number of carbonyl (C=O) groups excluding carboxylic acids is 1. The molecule has 1 N–H and O–H groups in total. The third-order valence-electron chi connectivity index (χ3n) is 4.42. The minimum Gasteiger partial charge on any atom is -0.425 e. The summed E-state index contributed by atoms with van der Waals surface area (Å²) in [5.74, 6) is -0.405. The van der Waals surface area contributed by atoms with E-state index in [-0.39, 0.29) is 22.4 Å². The molecule has 4 aromatic rings. The van der Waals surface area contributed by atoms with Gasteiger partial charge in [0.25, 0.3) is 5.91 Å². The van der Waals surface area contributed by atoms with E-state index in [1.165, 1.54) is 6.07 Å². The number of fused-ring (bicyclic) bond motifs is 2. The van der Waals surface area contributed by atoms with E-state index >= 15 is 0 Å². The van der Waals surface area contributed by atoms with E-state index in [1.54, 1.807) is 28.9 Å². The first kappa shape index (κ1) is 16.1. The Bertz CT molecular complexity index is 1210. The second-order valence-corrected chi connectivity index (χ2v) is 6.05. The molecule has 0 aliphatic carbocycles. The lowest BCUT2D eigenvalue weighted by Crippen LogP contribution is -2.12. The molecule has 26 heavy (non-hydrogen) atoms. The molecule has 0 aliphatic heterocycles. The van der Waals surface area contributed by atoms with E-state index in [1.807, 2.05) is 20.8 Å². The molecule has 1 aromatic carbocycles. The SMILES string of the molecule is CCn1nc(C)c(NC(=O)c2cc3c(=O)c4ccccc4oc3o2)c1C. The predicted molar refractivity (Wildman–Crippen MR) is 97.6 cm³/mol. The van der Waals surface area contributed by atoms with Gasteiger partial charge in [-0.1, -0.05) is 12.1 Å². The number of benzene rings is 1. The zero-order valence-corrected chi connectivity index (χ0v) is 14.6. The van der Waals surface area contributed by atoms with Crippen LogP contribution in [-0.4, -0.2) is 15.7 Å². The Hall–Kier alpha value is -3.35. The van der Waals surface area contributed by atoms with Crippen molar-refractivity contribution in [1.29, 1.82) is 0 Å². The summed E-state index contributed by atoms with van der Waals surface area (Å²) >= 11 is 0. The van der Waals surface area contributed by atoms with Gasteiger partial charge in [-0.15, -0.1) is 0 Å². The van der Waals surface area contributed by atoms with Crippen molar-refractivity contribution < 1.29 is 13.6 Å². The minimum atomic E-state index is -0.457. The van der Waals surface area contributed by atoms with E-state index < -0.39 is 5.91 Å². The first-order valence-corrected chi connectivity index (χ1v) is 8.30. The van der Waals surface area contributed by atoms with Crippen molar-refractivity contribution in [2.75, 3.05) is 5.32 Å². The molecular formula is C19H17N3O4. The highest BCUT2D eigenvalue weighted by molar-refractivity contribution is 6.05. The molecule has 0 bridgehead atoms. The number of furan rings is 1. The lowest BCUT2D eigenvalue weighted by Gasteiger charge is -2.04. The molecule has 132 valence electrons. The van der Waals surface area contributed by atoms with Crippen molar-refractivity contribution in [2.24, 2.45) is 0 Å². The molecule has 1 amide bonds. The van der Waals surface area contributed by atoms with Gasteiger partial charge in [0.15, 0.2) is 5.76 Å². The van der Waals surface area contributed by atoms with Gasteiger partial charge in [-0.25, -0.2) is 0 Å². The van der Waals surface area contributed by atoms with Crippen LogP contribution in [0.25, 0.3) is 22.1 Å². The number of aryl methyl sites for hydroxylation is 2. The van der Waals surface area contributed by atoms with Crippen LogP contribution in [0.2, 0.25) is 0 Å². The summed E-state index contributed by atoms with van der Waals surface area (Å²) in [6.45, 7) is 6.39. The summed E-state index contributed by atoms with van der Waals surface area (Å²) in [5.41, 5.74) is 2.41. The van der Waals surface area contributed by atoms with Gasteiger partial charge >= 0.3 is 5.78 Å². The molecule has 0 fully saturated rings. The first-order valence-electron chi connectivity index (χ1n) is 8.30. The van der Waals surface area contributed by atoms with Gasteiger partial charge in [0.05, 0.1) is 22.5 Å². The van der Waals surface area contributed by atoms with Gasteiger partial charge in [-0.05, 0) is 32.9 Å². The van der Waals surface area contributed by atoms with E-state index in [4.69, 9.17) is 8.83 Å². The number of hydrogen-bond donors (Lipinski definition) is 1. The Morgan fingerprint density at radius 1 is 1.19 bits per heavy atom. The average molecular weight is 351 g/mol. The van der Waals surface area contributed by atoms with Crippen molar-refractivity contribution in [3.8, 4) is 0 Å². The number of amides is 1. The number of aromatic nitrogens is 2. The topological polar surface area (TPSA) is 90.3 Å². The fourth-order valence-corrected chi connectivity index (χ4v) is 3.07. The highest BCUT2D eigenvalue weighted by Crippen LogP contribution is 2.24. The molecule has 4 rings (SSSR count).